The number of fused-ring (bicyclic) bond motifs is 2. The minimum atomic E-state index is -0.212. The Morgan fingerprint density at radius 2 is 2.00 bits per heavy atom. The fraction of sp³-hybridized carbons (Fsp3) is 1.00. The Balaban J connectivity index is 0.000000845. The first-order valence-electron chi connectivity index (χ1n) is 4.70. The van der Waals surface area contributed by atoms with Gasteiger partial charge in [-0.25, -0.2) is 0 Å². The lowest BCUT2D eigenvalue weighted by Crippen LogP contribution is -2.44. The highest BCUT2D eigenvalue weighted by molar-refractivity contribution is 6.11. The zero-order valence-electron chi connectivity index (χ0n) is 7.91. The lowest BCUT2D eigenvalue weighted by atomic mass is 9.82. The fourth-order valence-electron chi connectivity index (χ4n) is 2.70. The summed E-state index contributed by atoms with van der Waals surface area (Å²) in [7, 11) is 5.79. The molecule has 2 aliphatic rings. The van der Waals surface area contributed by atoms with Crippen LogP contribution in [0.1, 0.15) is 34.6 Å². The number of hydrogen-bond donors (Lipinski definition) is 0. The molecule has 0 aromatic rings. The van der Waals surface area contributed by atoms with Crippen LogP contribution in [0.15, 0.2) is 0 Å². The van der Waals surface area contributed by atoms with Crippen LogP contribution in [0.25, 0.3) is 0 Å². The Morgan fingerprint density at radius 3 is 2.31 bits per heavy atom. The van der Waals surface area contributed by atoms with Crippen molar-refractivity contribution in [3.8, 4) is 0 Å². The highest BCUT2D eigenvalue weighted by atomic mass is 16.6. The molecule has 2 saturated heterocycles. The van der Waals surface area contributed by atoms with Gasteiger partial charge < -0.3 is 9.47 Å². The third-order valence-corrected chi connectivity index (χ3v) is 3.54. The molecule has 0 spiro atoms. The van der Waals surface area contributed by atoms with Gasteiger partial charge in [-0.05, 0) is 13.3 Å². The van der Waals surface area contributed by atoms with Crippen molar-refractivity contribution in [2.75, 3.05) is 0 Å². The van der Waals surface area contributed by atoms with Gasteiger partial charge in [0.25, 0.3) is 0 Å². The van der Waals surface area contributed by atoms with Crippen LogP contribution in [0.2, 0.25) is 0 Å². The van der Waals surface area contributed by atoms with E-state index in [-0.39, 0.29) is 31.2 Å². The summed E-state index contributed by atoms with van der Waals surface area (Å²) < 4.78 is 11.5. The van der Waals surface area contributed by atoms with Crippen LogP contribution >= 0.6 is 0 Å². The molecule has 0 aliphatic carbocycles. The zero-order chi connectivity index (χ0) is 8.93. The van der Waals surface area contributed by atoms with Crippen molar-refractivity contribution < 1.29 is 9.47 Å². The van der Waals surface area contributed by atoms with E-state index in [4.69, 9.17) is 17.3 Å². The standard InChI is InChI=1S/C9H15BO2.CH4/c1-4-9-5(2)7(8(10)12-9)11-6(9)3;/h5-8H,4H2,1-3H3;1H4/t5?,6-,7-,8+,9+;/m0./s1. The van der Waals surface area contributed by atoms with E-state index in [1.807, 2.05) is 0 Å². The van der Waals surface area contributed by atoms with E-state index in [0.717, 1.165) is 6.42 Å². The molecule has 2 heterocycles. The summed E-state index contributed by atoms with van der Waals surface area (Å²) in [5.41, 5.74) is -0.107. The van der Waals surface area contributed by atoms with Gasteiger partial charge in [-0.3, -0.25) is 0 Å². The summed E-state index contributed by atoms with van der Waals surface area (Å²) >= 11 is 0. The largest absolute Gasteiger partial charge is 0.376 e. The molecule has 5 atom stereocenters. The van der Waals surface area contributed by atoms with E-state index in [9.17, 15) is 0 Å². The molecule has 1 unspecified atom stereocenters. The SMILES string of the molecule is C.[B][C@@H]1O[C@]2(CC)C(C)[C@@H]1O[C@H]2C. The van der Waals surface area contributed by atoms with E-state index in [2.05, 4.69) is 20.8 Å². The monoisotopic (exact) mass is 182 g/mol. The highest BCUT2D eigenvalue weighted by Crippen LogP contribution is 2.49. The molecule has 0 aromatic carbocycles. The average Bonchev–Trinajstić information content (AvgIpc) is 2.41. The molecule has 0 saturated carbocycles. The molecule has 0 aromatic heterocycles. The van der Waals surface area contributed by atoms with Gasteiger partial charge in [0.1, 0.15) is 7.85 Å². The van der Waals surface area contributed by atoms with Crippen molar-refractivity contribution in [3.63, 3.8) is 0 Å². The lowest BCUT2D eigenvalue weighted by molar-refractivity contribution is -0.156. The summed E-state index contributed by atoms with van der Waals surface area (Å²) in [5, 5.41) is 0. The molecule has 2 bridgehead atoms. The zero-order valence-corrected chi connectivity index (χ0v) is 7.91. The molecule has 2 fully saturated rings. The molecule has 2 rings (SSSR count). The smallest absolute Gasteiger partial charge is 0.112 e. The van der Waals surface area contributed by atoms with Crippen LogP contribution in [0.3, 0.4) is 0 Å². The van der Waals surface area contributed by atoms with Gasteiger partial charge in [0, 0.05) is 11.9 Å². The first kappa shape index (κ1) is 11.1. The van der Waals surface area contributed by atoms with E-state index in [1.165, 1.54) is 0 Å². The summed E-state index contributed by atoms with van der Waals surface area (Å²) in [6, 6.07) is -0.212. The summed E-state index contributed by atoms with van der Waals surface area (Å²) in [6.07, 6.45) is 1.29. The van der Waals surface area contributed by atoms with E-state index < -0.39 is 0 Å². The molecular formula is C10H19BO2. The maximum Gasteiger partial charge on any atom is 0.112 e. The van der Waals surface area contributed by atoms with Crippen molar-refractivity contribution in [3.05, 3.63) is 0 Å². The fourth-order valence-corrected chi connectivity index (χ4v) is 2.70. The third kappa shape index (κ3) is 1.17. The van der Waals surface area contributed by atoms with Gasteiger partial charge in [-0.15, -0.1) is 0 Å². The Hall–Kier alpha value is -0.0151. The lowest BCUT2D eigenvalue weighted by Gasteiger charge is -2.35. The van der Waals surface area contributed by atoms with Gasteiger partial charge in [-0.2, -0.15) is 0 Å². The summed E-state index contributed by atoms with van der Waals surface area (Å²) in [4.78, 5) is 0. The molecule has 0 N–H and O–H groups in total. The van der Waals surface area contributed by atoms with Gasteiger partial charge in [0.15, 0.2) is 0 Å². The Kier molecular flexibility index (Phi) is 2.79. The molecular weight excluding hydrogens is 163 g/mol. The molecule has 13 heavy (non-hydrogen) atoms. The predicted octanol–water partition coefficient (Wildman–Crippen LogP) is 1.72. The van der Waals surface area contributed by atoms with Crippen molar-refractivity contribution in [1.82, 2.24) is 0 Å². The van der Waals surface area contributed by atoms with Gasteiger partial charge in [0.2, 0.25) is 0 Å². The highest BCUT2D eigenvalue weighted by Gasteiger charge is 2.60. The molecule has 74 valence electrons. The maximum atomic E-state index is 5.79. The Labute approximate surface area is 82.4 Å². The van der Waals surface area contributed by atoms with Crippen LogP contribution < -0.4 is 0 Å². The van der Waals surface area contributed by atoms with Crippen LogP contribution in [-0.2, 0) is 9.47 Å². The van der Waals surface area contributed by atoms with Crippen molar-refractivity contribution >= 4 is 7.85 Å². The van der Waals surface area contributed by atoms with Crippen LogP contribution in [0, 0.1) is 5.92 Å². The number of ether oxygens (including phenoxy) is 2. The first-order valence-corrected chi connectivity index (χ1v) is 4.70. The number of hydrogen-bond acceptors (Lipinski definition) is 2. The maximum absolute atomic E-state index is 5.79. The normalized spacial score (nSPS) is 53.5. The third-order valence-electron chi connectivity index (χ3n) is 3.54. The minimum Gasteiger partial charge on any atom is -0.376 e. The van der Waals surface area contributed by atoms with E-state index in [1.54, 1.807) is 0 Å². The first-order chi connectivity index (χ1) is 5.62. The second-order valence-corrected chi connectivity index (χ2v) is 3.92. The number of rotatable bonds is 1. The molecule has 2 aliphatic heterocycles. The summed E-state index contributed by atoms with van der Waals surface area (Å²) in [6.45, 7) is 6.38. The van der Waals surface area contributed by atoms with Crippen LogP contribution in [0.4, 0.5) is 0 Å². The van der Waals surface area contributed by atoms with Crippen LogP contribution in [0.5, 0.6) is 0 Å². The quantitative estimate of drug-likeness (QED) is 0.575. The van der Waals surface area contributed by atoms with Crippen LogP contribution in [-0.4, -0.2) is 31.7 Å². The van der Waals surface area contributed by atoms with Gasteiger partial charge >= 0.3 is 0 Å². The molecule has 0 amide bonds. The van der Waals surface area contributed by atoms with Gasteiger partial charge in [0.05, 0.1) is 17.8 Å². The topological polar surface area (TPSA) is 18.5 Å². The van der Waals surface area contributed by atoms with Crippen molar-refractivity contribution in [1.29, 1.82) is 0 Å². The average molecular weight is 182 g/mol. The summed E-state index contributed by atoms with van der Waals surface area (Å²) in [5.74, 6) is 0.437. The predicted molar refractivity (Wildman–Crippen MR) is 53.9 cm³/mol. The Morgan fingerprint density at radius 1 is 1.38 bits per heavy atom. The molecule has 2 radical (unpaired) electrons. The van der Waals surface area contributed by atoms with Gasteiger partial charge in [-0.1, -0.05) is 21.3 Å². The van der Waals surface area contributed by atoms with E-state index >= 15 is 0 Å². The van der Waals surface area contributed by atoms with Crippen molar-refractivity contribution in [2.45, 2.75) is 58.4 Å². The minimum absolute atomic E-state index is 0. The molecule has 2 nitrogen and oxygen atoms in total. The second kappa shape index (κ2) is 3.28. The Bertz CT molecular complexity index is 197. The van der Waals surface area contributed by atoms with E-state index in [0.29, 0.717) is 5.92 Å². The second-order valence-electron chi connectivity index (χ2n) is 3.92. The molecule has 3 heteroatoms. The van der Waals surface area contributed by atoms with Crippen molar-refractivity contribution in [2.24, 2.45) is 5.92 Å².